The molecule has 0 aliphatic heterocycles. The Labute approximate surface area is 126 Å². The van der Waals surface area contributed by atoms with Crippen LogP contribution in [-0.2, 0) is 16.4 Å². The Morgan fingerprint density at radius 1 is 1.25 bits per heavy atom. The Morgan fingerprint density at radius 3 is 2.50 bits per heavy atom. The first-order chi connectivity index (χ1) is 9.51. The standard InChI is InChI=1S/C12H15N3O2S3/c1-9-14-15-12(19-9)18-6-7-20(16,17)11-4-2-10(8-13)3-5-11/h2-5H,6-8,13H2,1H3. The van der Waals surface area contributed by atoms with Gasteiger partial charge in [0.05, 0.1) is 10.6 Å². The molecule has 1 aromatic carbocycles. The summed E-state index contributed by atoms with van der Waals surface area (Å²) in [4.78, 5) is 0.337. The van der Waals surface area contributed by atoms with Crippen molar-refractivity contribution in [1.29, 1.82) is 0 Å². The molecule has 0 unspecified atom stereocenters. The monoisotopic (exact) mass is 329 g/mol. The van der Waals surface area contributed by atoms with Gasteiger partial charge in [0.1, 0.15) is 5.01 Å². The lowest BCUT2D eigenvalue weighted by molar-refractivity contribution is 0.597. The molecule has 1 heterocycles. The number of thioether (sulfide) groups is 1. The summed E-state index contributed by atoms with van der Waals surface area (Å²) in [7, 11) is -3.25. The molecule has 0 amide bonds. The van der Waals surface area contributed by atoms with E-state index in [-0.39, 0.29) is 5.75 Å². The number of nitrogens with zero attached hydrogens (tertiary/aromatic N) is 2. The fourth-order valence-corrected chi connectivity index (χ4v) is 5.06. The Balaban J connectivity index is 1.96. The van der Waals surface area contributed by atoms with E-state index < -0.39 is 9.84 Å². The van der Waals surface area contributed by atoms with Crippen LogP contribution in [0.5, 0.6) is 0 Å². The average Bonchev–Trinajstić information content (AvgIpc) is 2.84. The molecule has 2 rings (SSSR count). The van der Waals surface area contributed by atoms with Crippen LogP contribution in [0.3, 0.4) is 0 Å². The maximum Gasteiger partial charge on any atom is 0.179 e. The number of aromatic nitrogens is 2. The van der Waals surface area contributed by atoms with Crippen molar-refractivity contribution < 1.29 is 8.42 Å². The quantitative estimate of drug-likeness (QED) is 0.814. The van der Waals surface area contributed by atoms with Crippen LogP contribution in [-0.4, -0.2) is 30.1 Å². The lowest BCUT2D eigenvalue weighted by Gasteiger charge is -2.04. The minimum Gasteiger partial charge on any atom is -0.326 e. The average molecular weight is 329 g/mol. The zero-order valence-electron chi connectivity index (χ0n) is 10.9. The predicted molar refractivity (Wildman–Crippen MR) is 81.8 cm³/mol. The third-order valence-electron chi connectivity index (χ3n) is 2.60. The van der Waals surface area contributed by atoms with Crippen molar-refractivity contribution in [1.82, 2.24) is 10.2 Å². The van der Waals surface area contributed by atoms with Crippen LogP contribution in [0.15, 0.2) is 33.5 Å². The van der Waals surface area contributed by atoms with Gasteiger partial charge in [-0.05, 0) is 24.6 Å². The summed E-state index contributed by atoms with van der Waals surface area (Å²) in [6, 6.07) is 6.71. The highest BCUT2D eigenvalue weighted by Crippen LogP contribution is 2.23. The summed E-state index contributed by atoms with van der Waals surface area (Å²) >= 11 is 2.89. The lowest BCUT2D eigenvalue weighted by atomic mass is 10.2. The highest BCUT2D eigenvalue weighted by atomic mass is 32.2. The molecular weight excluding hydrogens is 314 g/mol. The van der Waals surface area contributed by atoms with Crippen molar-refractivity contribution in [3.8, 4) is 0 Å². The molecule has 1 aromatic heterocycles. The third-order valence-corrected chi connectivity index (χ3v) is 6.57. The molecule has 0 spiro atoms. The molecule has 0 radical (unpaired) electrons. The van der Waals surface area contributed by atoms with Gasteiger partial charge in [0, 0.05) is 12.3 Å². The van der Waals surface area contributed by atoms with Crippen LogP contribution in [0.2, 0.25) is 0 Å². The lowest BCUT2D eigenvalue weighted by Crippen LogP contribution is -2.09. The Hall–Kier alpha value is -0.960. The first-order valence-corrected chi connectivity index (χ1v) is 9.41. The Kier molecular flexibility index (Phi) is 5.14. The fraction of sp³-hybridized carbons (Fsp3) is 0.333. The highest BCUT2D eigenvalue weighted by molar-refractivity contribution is 8.02. The van der Waals surface area contributed by atoms with E-state index in [2.05, 4.69) is 10.2 Å². The number of nitrogens with two attached hydrogens (primary N) is 1. The van der Waals surface area contributed by atoms with Gasteiger partial charge in [0.25, 0.3) is 0 Å². The minimum absolute atomic E-state index is 0.0816. The normalized spacial score (nSPS) is 11.7. The van der Waals surface area contributed by atoms with Gasteiger partial charge in [-0.3, -0.25) is 0 Å². The zero-order valence-corrected chi connectivity index (χ0v) is 13.4. The maximum atomic E-state index is 12.2. The number of aryl methyl sites for hydroxylation is 1. The van der Waals surface area contributed by atoms with Crippen LogP contribution in [0, 0.1) is 6.92 Å². The molecule has 2 aromatic rings. The van der Waals surface area contributed by atoms with Gasteiger partial charge < -0.3 is 5.73 Å². The SMILES string of the molecule is Cc1nnc(SCCS(=O)(=O)c2ccc(CN)cc2)s1. The van der Waals surface area contributed by atoms with Gasteiger partial charge in [-0.25, -0.2) is 8.42 Å². The van der Waals surface area contributed by atoms with Crippen molar-refractivity contribution in [3.05, 3.63) is 34.8 Å². The molecule has 0 atom stereocenters. The van der Waals surface area contributed by atoms with Crippen LogP contribution < -0.4 is 5.73 Å². The second-order valence-electron chi connectivity index (χ2n) is 4.10. The summed E-state index contributed by atoms with van der Waals surface area (Å²) in [6.07, 6.45) is 0. The first-order valence-electron chi connectivity index (χ1n) is 5.96. The fourth-order valence-electron chi connectivity index (χ4n) is 1.53. The summed E-state index contributed by atoms with van der Waals surface area (Å²) in [6.45, 7) is 2.28. The van der Waals surface area contributed by atoms with Crippen molar-refractivity contribution in [2.24, 2.45) is 5.73 Å². The summed E-state index contributed by atoms with van der Waals surface area (Å²) < 4.78 is 25.1. The van der Waals surface area contributed by atoms with E-state index in [0.29, 0.717) is 17.2 Å². The molecule has 108 valence electrons. The molecule has 0 aliphatic rings. The molecule has 0 bridgehead atoms. The number of sulfone groups is 1. The van der Waals surface area contributed by atoms with Crippen LogP contribution in [0.25, 0.3) is 0 Å². The number of hydrogen-bond donors (Lipinski definition) is 1. The topological polar surface area (TPSA) is 85.9 Å². The molecular formula is C12H15N3O2S3. The van der Waals surface area contributed by atoms with Gasteiger partial charge in [0.2, 0.25) is 0 Å². The molecule has 20 heavy (non-hydrogen) atoms. The van der Waals surface area contributed by atoms with Crippen molar-refractivity contribution in [2.45, 2.75) is 22.7 Å². The van der Waals surface area contributed by atoms with Gasteiger partial charge in [0.15, 0.2) is 14.2 Å². The van der Waals surface area contributed by atoms with E-state index in [9.17, 15) is 8.42 Å². The van der Waals surface area contributed by atoms with Crippen LogP contribution >= 0.6 is 23.1 Å². The molecule has 0 saturated carbocycles. The third kappa shape index (κ3) is 4.02. The van der Waals surface area contributed by atoms with Gasteiger partial charge in [-0.1, -0.05) is 35.2 Å². The second kappa shape index (κ2) is 6.66. The summed E-state index contributed by atoms with van der Waals surface area (Å²) in [5.74, 6) is 0.549. The smallest absolute Gasteiger partial charge is 0.179 e. The number of rotatable bonds is 6. The van der Waals surface area contributed by atoms with Gasteiger partial charge >= 0.3 is 0 Å². The second-order valence-corrected chi connectivity index (χ2v) is 8.74. The van der Waals surface area contributed by atoms with E-state index in [1.807, 2.05) is 6.92 Å². The number of benzene rings is 1. The molecule has 0 fully saturated rings. The predicted octanol–water partition coefficient (Wildman–Crippen LogP) is 1.87. The molecule has 0 aliphatic carbocycles. The summed E-state index contributed by atoms with van der Waals surface area (Å²) in [5.41, 5.74) is 6.41. The Bertz CT molecular complexity index is 666. The molecule has 5 nitrogen and oxygen atoms in total. The Morgan fingerprint density at radius 2 is 1.95 bits per heavy atom. The van der Waals surface area contributed by atoms with E-state index in [0.717, 1.165) is 14.9 Å². The van der Waals surface area contributed by atoms with Gasteiger partial charge in [-0.2, -0.15) is 0 Å². The van der Waals surface area contributed by atoms with Crippen molar-refractivity contribution in [3.63, 3.8) is 0 Å². The van der Waals surface area contributed by atoms with Crippen molar-refractivity contribution >= 4 is 32.9 Å². The van der Waals surface area contributed by atoms with E-state index in [4.69, 9.17) is 5.73 Å². The van der Waals surface area contributed by atoms with Crippen LogP contribution in [0.1, 0.15) is 10.6 Å². The minimum atomic E-state index is -3.25. The molecule has 0 saturated heterocycles. The molecule has 2 N–H and O–H groups in total. The van der Waals surface area contributed by atoms with Crippen LogP contribution in [0.4, 0.5) is 0 Å². The highest BCUT2D eigenvalue weighted by Gasteiger charge is 2.14. The maximum absolute atomic E-state index is 12.2. The largest absolute Gasteiger partial charge is 0.326 e. The van der Waals surface area contributed by atoms with Crippen molar-refractivity contribution in [2.75, 3.05) is 11.5 Å². The zero-order chi connectivity index (χ0) is 14.6. The van der Waals surface area contributed by atoms with Gasteiger partial charge in [-0.15, -0.1) is 10.2 Å². The number of hydrogen-bond acceptors (Lipinski definition) is 7. The van der Waals surface area contributed by atoms with E-state index in [1.165, 1.54) is 23.1 Å². The van der Waals surface area contributed by atoms with E-state index in [1.54, 1.807) is 24.3 Å². The molecule has 8 heteroatoms. The summed E-state index contributed by atoms with van der Waals surface area (Å²) in [5, 5.41) is 8.73. The first kappa shape index (κ1) is 15.4. The van der Waals surface area contributed by atoms with E-state index >= 15 is 0 Å².